The largest absolute Gasteiger partial charge is 0.369 e. The minimum atomic E-state index is 0.493. The molecule has 2 rings (SSSR count). The number of nitrogens with two attached hydrogens (primary N) is 1. The highest BCUT2D eigenvalue weighted by atomic mass is 79.9. The second-order valence-corrected chi connectivity index (χ2v) is 3.46. The van der Waals surface area contributed by atoms with Crippen LogP contribution in [0.4, 0.5) is 5.95 Å². The number of rotatable bonds is 1. The standard InChI is InChI=1S/C9H8BrN3/c10-7-3-1-2-4-8(7)13-6-5-12-9(13)11/h1-6H,(H2,11,12). The fraction of sp³-hybridized carbons (Fsp3) is 0. The maximum atomic E-state index is 5.67. The number of halogens is 1. The average molecular weight is 238 g/mol. The first kappa shape index (κ1) is 8.31. The predicted molar refractivity (Wildman–Crippen MR) is 55.7 cm³/mol. The summed E-state index contributed by atoms with van der Waals surface area (Å²) in [5, 5.41) is 0. The van der Waals surface area contributed by atoms with Crippen molar-refractivity contribution in [3.8, 4) is 5.69 Å². The van der Waals surface area contributed by atoms with Gasteiger partial charge in [0.15, 0.2) is 0 Å². The Bertz CT molecular complexity index is 422. The van der Waals surface area contributed by atoms with Gasteiger partial charge in [-0.25, -0.2) is 4.98 Å². The molecule has 0 fully saturated rings. The zero-order valence-electron chi connectivity index (χ0n) is 6.81. The lowest BCUT2D eigenvalue weighted by Gasteiger charge is -2.05. The molecule has 0 radical (unpaired) electrons. The second kappa shape index (κ2) is 3.22. The third-order valence-corrected chi connectivity index (χ3v) is 2.45. The van der Waals surface area contributed by atoms with E-state index in [1.165, 1.54) is 0 Å². The van der Waals surface area contributed by atoms with Crippen LogP contribution in [0.5, 0.6) is 0 Å². The maximum absolute atomic E-state index is 5.67. The molecule has 1 aromatic carbocycles. The molecule has 1 aromatic heterocycles. The van der Waals surface area contributed by atoms with Gasteiger partial charge in [-0.1, -0.05) is 12.1 Å². The van der Waals surface area contributed by atoms with Gasteiger partial charge in [-0.15, -0.1) is 0 Å². The lowest BCUT2D eigenvalue weighted by Crippen LogP contribution is -1.99. The van der Waals surface area contributed by atoms with Crippen LogP contribution in [0.25, 0.3) is 5.69 Å². The summed E-state index contributed by atoms with van der Waals surface area (Å²) in [4.78, 5) is 3.95. The molecule has 0 aliphatic carbocycles. The van der Waals surface area contributed by atoms with E-state index in [4.69, 9.17) is 5.73 Å². The summed E-state index contributed by atoms with van der Waals surface area (Å²) >= 11 is 3.45. The van der Waals surface area contributed by atoms with Crippen molar-refractivity contribution in [3.63, 3.8) is 0 Å². The van der Waals surface area contributed by atoms with Crippen molar-refractivity contribution in [2.24, 2.45) is 0 Å². The van der Waals surface area contributed by atoms with Crippen LogP contribution in [0.3, 0.4) is 0 Å². The van der Waals surface area contributed by atoms with Gasteiger partial charge in [-0.05, 0) is 28.1 Å². The minimum Gasteiger partial charge on any atom is -0.369 e. The molecule has 0 amide bonds. The number of benzene rings is 1. The molecule has 2 aromatic rings. The van der Waals surface area contributed by atoms with Gasteiger partial charge in [0.1, 0.15) is 0 Å². The first-order valence-electron chi connectivity index (χ1n) is 3.83. The van der Waals surface area contributed by atoms with Gasteiger partial charge in [0.2, 0.25) is 5.95 Å². The monoisotopic (exact) mass is 237 g/mol. The number of para-hydroxylation sites is 1. The Morgan fingerprint density at radius 1 is 1.31 bits per heavy atom. The van der Waals surface area contributed by atoms with E-state index >= 15 is 0 Å². The fourth-order valence-electron chi connectivity index (χ4n) is 1.17. The van der Waals surface area contributed by atoms with Crippen LogP contribution >= 0.6 is 15.9 Å². The topological polar surface area (TPSA) is 43.8 Å². The molecule has 0 saturated heterocycles. The number of nitrogen functional groups attached to an aromatic ring is 1. The molecule has 0 atom stereocenters. The Morgan fingerprint density at radius 3 is 2.69 bits per heavy atom. The number of hydrogen-bond acceptors (Lipinski definition) is 2. The molecule has 13 heavy (non-hydrogen) atoms. The molecular formula is C9H8BrN3. The smallest absolute Gasteiger partial charge is 0.204 e. The summed E-state index contributed by atoms with van der Waals surface area (Å²) in [5.41, 5.74) is 6.67. The molecule has 1 heterocycles. The van der Waals surface area contributed by atoms with Gasteiger partial charge in [-0.3, -0.25) is 4.57 Å². The Morgan fingerprint density at radius 2 is 2.08 bits per heavy atom. The van der Waals surface area contributed by atoms with Gasteiger partial charge in [0, 0.05) is 16.9 Å². The van der Waals surface area contributed by atoms with Crippen molar-refractivity contribution in [3.05, 3.63) is 41.1 Å². The second-order valence-electron chi connectivity index (χ2n) is 2.61. The van der Waals surface area contributed by atoms with Crippen LogP contribution < -0.4 is 5.73 Å². The predicted octanol–water partition coefficient (Wildman–Crippen LogP) is 2.22. The molecule has 0 spiro atoms. The Labute approximate surface area is 84.3 Å². The fourth-order valence-corrected chi connectivity index (χ4v) is 1.64. The van der Waals surface area contributed by atoms with Crippen molar-refractivity contribution in [2.45, 2.75) is 0 Å². The van der Waals surface area contributed by atoms with E-state index in [0.29, 0.717) is 5.95 Å². The molecule has 0 bridgehead atoms. The molecule has 66 valence electrons. The van der Waals surface area contributed by atoms with Crippen molar-refractivity contribution in [2.75, 3.05) is 5.73 Å². The molecule has 2 N–H and O–H groups in total. The number of hydrogen-bond donors (Lipinski definition) is 1. The van der Waals surface area contributed by atoms with Gasteiger partial charge in [0.25, 0.3) is 0 Å². The SMILES string of the molecule is Nc1nccn1-c1ccccc1Br. The quantitative estimate of drug-likeness (QED) is 0.827. The summed E-state index contributed by atoms with van der Waals surface area (Å²) in [6.45, 7) is 0. The van der Waals surface area contributed by atoms with Crippen molar-refractivity contribution in [1.82, 2.24) is 9.55 Å². The van der Waals surface area contributed by atoms with E-state index in [9.17, 15) is 0 Å². The number of imidazole rings is 1. The molecule has 0 unspecified atom stereocenters. The summed E-state index contributed by atoms with van der Waals surface area (Å²) in [7, 11) is 0. The summed E-state index contributed by atoms with van der Waals surface area (Å²) in [6, 6.07) is 7.86. The lowest BCUT2D eigenvalue weighted by molar-refractivity contribution is 1.07. The Hall–Kier alpha value is -1.29. The van der Waals surface area contributed by atoms with E-state index in [1.54, 1.807) is 6.20 Å². The van der Waals surface area contributed by atoms with Crippen LogP contribution in [0, 0.1) is 0 Å². The van der Waals surface area contributed by atoms with Gasteiger partial charge in [-0.2, -0.15) is 0 Å². The van der Waals surface area contributed by atoms with Crippen LogP contribution in [0.15, 0.2) is 41.1 Å². The maximum Gasteiger partial charge on any atom is 0.204 e. The minimum absolute atomic E-state index is 0.493. The number of anilines is 1. The van der Waals surface area contributed by atoms with Gasteiger partial charge < -0.3 is 5.73 Å². The molecule has 4 heteroatoms. The van der Waals surface area contributed by atoms with Gasteiger partial charge in [0.05, 0.1) is 5.69 Å². The molecule has 3 nitrogen and oxygen atoms in total. The lowest BCUT2D eigenvalue weighted by atomic mass is 10.3. The number of aromatic nitrogens is 2. The summed E-state index contributed by atoms with van der Waals surface area (Å²) < 4.78 is 2.82. The summed E-state index contributed by atoms with van der Waals surface area (Å²) in [6.07, 6.45) is 3.50. The highest BCUT2D eigenvalue weighted by Gasteiger charge is 2.03. The average Bonchev–Trinajstić information content (AvgIpc) is 2.52. The first-order chi connectivity index (χ1) is 6.29. The highest BCUT2D eigenvalue weighted by molar-refractivity contribution is 9.10. The Balaban J connectivity index is 2.59. The normalized spacial score (nSPS) is 10.2. The third-order valence-electron chi connectivity index (χ3n) is 1.78. The van der Waals surface area contributed by atoms with Crippen LogP contribution in [-0.2, 0) is 0 Å². The van der Waals surface area contributed by atoms with E-state index in [-0.39, 0.29) is 0 Å². The molecule has 0 aliphatic rings. The molecular weight excluding hydrogens is 230 g/mol. The highest BCUT2D eigenvalue weighted by Crippen LogP contribution is 2.21. The molecule has 0 aliphatic heterocycles. The van der Waals surface area contributed by atoms with Crippen molar-refractivity contribution < 1.29 is 0 Å². The third kappa shape index (κ3) is 1.45. The van der Waals surface area contributed by atoms with Crippen molar-refractivity contribution >= 4 is 21.9 Å². The van der Waals surface area contributed by atoms with E-state index < -0.39 is 0 Å². The molecule has 0 saturated carbocycles. The van der Waals surface area contributed by atoms with Gasteiger partial charge >= 0.3 is 0 Å². The first-order valence-corrected chi connectivity index (χ1v) is 4.62. The summed E-state index contributed by atoms with van der Waals surface area (Å²) in [5.74, 6) is 0.493. The van der Waals surface area contributed by atoms with E-state index in [0.717, 1.165) is 10.2 Å². The van der Waals surface area contributed by atoms with Crippen molar-refractivity contribution in [1.29, 1.82) is 0 Å². The Kier molecular flexibility index (Phi) is 2.06. The zero-order valence-corrected chi connectivity index (χ0v) is 8.40. The van der Waals surface area contributed by atoms with Crippen LogP contribution in [-0.4, -0.2) is 9.55 Å². The van der Waals surface area contributed by atoms with Crippen LogP contribution in [0.1, 0.15) is 0 Å². The van der Waals surface area contributed by atoms with E-state index in [1.807, 2.05) is 35.0 Å². The number of nitrogens with zero attached hydrogens (tertiary/aromatic N) is 2. The van der Waals surface area contributed by atoms with Crippen LogP contribution in [0.2, 0.25) is 0 Å². The zero-order chi connectivity index (χ0) is 9.26. The van der Waals surface area contributed by atoms with E-state index in [2.05, 4.69) is 20.9 Å².